The number of alkyl halides is 1. The summed E-state index contributed by atoms with van der Waals surface area (Å²) in [5.74, 6) is 2.25. The van der Waals surface area contributed by atoms with E-state index in [0.717, 1.165) is 42.9 Å². The number of rotatable bonds is 6. The Labute approximate surface area is 114 Å². The van der Waals surface area contributed by atoms with Crippen molar-refractivity contribution in [2.45, 2.75) is 51.0 Å². The molecule has 0 unspecified atom stereocenters. The molecule has 0 N–H and O–H groups in total. The molecule has 2 nitrogen and oxygen atoms in total. The fraction of sp³-hybridized carbons (Fsp3) is 0.600. The minimum atomic E-state index is 0.355. The summed E-state index contributed by atoms with van der Waals surface area (Å²) in [6.07, 6.45) is 6.22. The maximum Gasteiger partial charge on any atom is 0.127 e. The van der Waals surface area contributed by atoms with Gasteiger partial charge in [-0.1, -0.05) is 13.0 Å². The Bertz CT molecular complexity index is 373. The highest BCUT2D eigenvalue weighted by molar-refractivity contribution is 6.17. The second-order valence-electron chi connectivity index (χ2n) is 4.78. The van der Waals surface area contributed by atoms with Gasteiger partial charge in [0, 0.05) is 11.6 Å². The molecule has 1 aliphatic rings. The first-order valence-corrected chi connectivity index (χ1v) is 7.35. The lowest BCUT2D eigenvalue weighted by atomic mass is 10.2. The zero-order chi connectivity index (χ0) is 12.8. The van der Waals surface area contributed by atoms with Crippen molar-refractivity contribution in [2.24, 2.45) is 0 Å². The van der Waals surface area contributed by atoms with Crippen LogP contribution in [-0.2, 0) is 5.88 Å². The highest BCUT2D eigenvalue weighted by Crippen LogP contribution is 2.30. The molecular formula is C15H21ClO2. The molecule has 0 bridgehead atoms. The lowest BCUT2D eigenvalue weighted by Crippen LogP contribution is -2.12. The monoisotopic (exact) mass is 268 g/mol. The smallest absolute Gasteiger partial charge is 0.127 e. The topological polar surface area (TPSA) is 18.5 Å². The summed E-state index contributed by atoms with van der Waals surface area (Å²) in [4.78, 5) is 0. The van der Waals surface area contributed by atoms with Gasteiger partial charge in [-0.05, 0) is 38.2 Å². The summed E-state index contributed by atoms with van der Waals surface area (Å²) < 4.78 is 11.7. The van der Waals surface area contributed by atoms with E-state index in [1.54, 1.807) is 0 Å². The minimum absolute atomic E-state index is 0.355. The van der Waals surface area contributed by atoms with Crippen LogP contribution in [-0.4, -0.2) is 12.7 Å². The first-order valence-electron chi connectivity index (χ1n) is 6.82. The second-order valence-corrected chi connectivity index (χ2v) is 5.04. The van der Waals surface area contributed by atoms with Crippen molar-refractivity contribution < 1.29 is 9.47 Å². The van der Waals surface area contributed by atoms with E-state index in [2.05, 4.69) is 6.92 Å². The van der Waals surface area contributed by atoms with Crippen LogP contribution in [0.1, 0.15) is 44.6 Å². The molecule has 0 atom stereocenters. The van der Waals surface area contributed by atoms with Crippen LogP contribution in [0.2, 0.25) is 0 Å². The predicted molar refractivity (Wildman–Crippen MR) is 74.7 cm³/mol. The quantitative estimate of drug-likeness (QED) is 0.706. The zero-order valence-corrected chi connectivity index (χ0v) is 11.7. The van der Waals surface area contributed by atoms with Gasteiger partial charge >= 0.3 is 0 Å². The molecule has 1 saturated carbocycles. The summed E-state index contributed by atoms with van der Waals surface area (Å²) in [5.41, 5.74) is 1.05. The molecule has 0 saturated heterocycles. The Morgan fingerprint density at radius 3 is 2.72 bits per heavy atom. The molecular weight excluding hydrogens is 248 g/mol. The molecule has 2 rings (SSSR count). The standard InChI is InChI=1S/C15H21ClO2/c1-2-9-17-14-8-7-12(11-16)15(10-14)18-13-5-3-4-6-13/h7-8,10,13H,2-6,9,11H2,1H3. The molecule has 1 aliphatic carbocycles. The third-order valence-corrected chi connectivity index (χ3v) is 3.54. The van der Waals surface area contributed by atoms with Crippen LogP contribution in [0, 0.1) is 0 Å². The van der Waals surface area contributed by atoms with E-state index in [1.807, 2.05) is 18.2 Å². The Hall–Kier alpha value is -0.890. The summed E-state index contributed by atoms with van der Waals surface area (Å²) in [6.45, 7) is 2.84. The van der Waals surface area contributed by atoms with E-state index in [4.69, 9.17) is 21.1 Å². The van der Waals surface area contributed by atoms with Gasteiger partial charge in [0.25, 0.3) is 0 Å². The third kappa shape index (κ3) is 3.55. The summed E-state index contributed by atoms with van der Waals surface area (Å²) in [7, 11) is 0. The number of benzene rings is 1. The second kappa shape index (κ2) is 6.89. The first-order chi connectivity index (χ1) is 8.83. The van der Waals surface area contributed by atoms with Crippen molar-refractivity contribution in [1.82, 2.24) is 0 Å². The van der Waals surface area contributed by atoms with Crippen LogP contribution < -0.4 is 9.47 Å². The molecule has 0 heterocycles. The summed E-state index contributed by atoms with van der Waals surface area (Å²) >= 11 is 5.95. The molecule has 1 aromatic carbocycles. The Morgan fingerprint density at radius 1 is 1.28 bits per heavy atom. The predicted octanol–water partition coefficient (Wildman–Crippen LogP) is 4.54. The van der Waals surface area contributed by atoms with Gasteiger partial charge in [-0.2, -0.15) is 0 Å². The summed E-state index contributed by atoms with van der Waals surface area (Å²) in [6, 6.07) is 5.95. The van der Waals surface area contributed by atoms with Gasteiger partial charge in [0.05, 0.1) is 18.6 Å². The molecule has 0 spiro atoms. The lowest BCUT2D eigenvalue weighted by molar-refractivity contribution is 0.207. The first kappa shape index (κ1) is 13.5. The number of ether oxygens (including phenoxy) is 2. The highest BCUT2D eigenvalue weighted by Gasteiger charge is 2.18. The van der Waals surface area contributed by atoms with Gasteiger partial charge in [-0.25, -0.2) is 0 Å². The maximum absolute atomic E-state index is 6.05. The largest absolute Gasteiger partial charge is 0.493 e. The Kier molecular flexibility index (Phi) is 5.18. The van der Waals surface area contributed by atoms with Crippen molar-refractivity contribution in [3.63, 3.8) is 0 Å². The highest BCUT2D eigenvalue weighted by atomic mass is 35.5. The molecule has 18 heavy (non-hydrogen) atoms. The summed E-state index contributed by atoms with van der Waals surface area (Å²) in [5, 5.41) is 0. The van der Waals surface area contributed by atoms with Crippen molar-refractivity contribution in [1.29, 1.82) is 0 Å². The number of hydrogen-bond acceptors (Lipinski definition) is 2. The van der Waals surface area contributed by atoms with E-state index in [1.165, 1.54) is 12.8 Å². The van der Waals surface area contributed by atoms with Crippen molar-refractivity contribution in [3.8, 4) is 11.5 Å². The van der Waals surface area contributed by atoms with E-state index in [9.17, 15) is 0 Å². The Morgan fingerprint density at radius 2 is 2.06 bits per heavy atom. The SMILES string of the molecule is CCCOc1ccc(CCl)c(OC2CCCC2)c1. The fourth-order valence-electron chi connectivity index (χ4n) is 2.25. The average molecular weight is 269 g/mol. The van der Waals surface area contributed by atoms with Crippen LogP contribution in [0.5, 0.6) is 11.5 Å². The molecule has 3 heteroatoms. The third-order valence-electron chi connectivity index (χ3n) is 3.25. The number of halogens is 1. The minimum Gasteiger partial charge on any atom is -0.493 e. The van der Waals surface area contributed by atoms with Gasteiger partial charge in [0.1, 0.15) is 11.5 Å². The van der Waals surface area contributed by atoms with Gasteiger partial charge in [0.2, 0.25) is 0 Å². The maximum atomic E-state index is 6.05. The van der Waals surface area contributed by atoms with Crippen LogP contribution in [0.15, 0.2) is 18.2 Å². The van der Waals surface area contributed by atoms with Crippen LogP contribution in [0.25, 0.3) is 0 Å². The van der Waals surface area contributed by atoms with Gasteiger partial charge < -0.3 is 9.47 Å². The van der Waals surface area contributed by atoms with Crippen molar-refractivity contribution in [2.75, 3.05) is 6.61 Å². The number of hydrogen-bond donors (Lipinski definition) is 0. The lowest BCUT2D eigenvalue weighted by Gasteiger charge is -2.17. The van der Waals surface area contributed by atoms with Crippen LogP contribution in [0.3, 0.4) is 0 Å². The van der Waals surface area contributed by atoms with Gasteiger partial charge in [-0.3, -0.25) is 0 Å². The molecule has 0 aliphatic heterocycles. The van der Waals surface area contributed by atoms with Crippen molar-refractivity contribution >= 4 is 11.6 Å². The van der Waals surface area contributed by atoms with Crippen molar-refractivity contribution in [3.05, 3.63) is 23.8 Å². The van der Waals surface area contributed by atoms with E-state index in [-0.39, 0.29) is 0 Å². The van der Waals surface area contributed by atoms with E-state index >= 15 is 0 Å². The molecule has 0 radical (unpaired) electrons. The Balaban J connectivity index is 2.08. The van der Waals surface area contributed by atoms with Crippen LogP contribution >= 0.6 is 11.6 Å². The normalized spacial score (nSPS) is 15.9. The average Bonchev–Trinajstić information content (AvgIpc) is 2.89. The molecule has 0 amide bonds. The zero-order valence-electron chi connectivity index (χ0n) is 11.0. The molecule has 1 fully saturated rings. The molecule has 100 valence electrons. The fourth-order valence-corrected chi connectivity index (χ4v) is 2.47. The molecule has 1 aromatic rings. The van der Waals surface area contributed by atoms with E-state index in [0.29, 0.717) is 12.0 Å². The van der Waals surface area contributed by atoms with Crippen LogP contribution in [0.4, 0.5) is 0 Å². The van der Waals surface area contributed by atoms with Gasteiger partial charge in [-0.15, -0.1) is 11.6 Å². The molecule has 0 aromatic heterocycles. The van der Waals surface area contributed by atoms with Gasteiger partial charge in [0.15, 0.2) is 0 Å². The van der Waals surface area contributed by atoms with E-state index < -0.39 is 0 Å².